The third-order valence-corrected chi connectivity index (χ3v) is 5.61. The average Bonchev–Trinajstić information content (AvgIpc) is 2.62. The van der Waals surface area contributed by atoms with E-state index in [2.05, 4.69) is 6.92 Å². The fraction of sp³-hybridized carbons (Fsp3) is 0.952. The Kier molecular flexibility index (Phi) is 23.4. The van der Waals surface area contributed by atoms with Crippen LogP contribution >= 0.6 is 0 Å². The second-order valence-electron chi connectivity index (χ2n) is 7.76. The molecular formula is C21H41NaO6S. The van der Waals surface area contributed by atoms with Crippen LogP contribution in [0.25, 0.3) is 0 Å². The van der Waals surface area contributed by atoms with Crippen LogP contribution in [0, 0.1) is 0 Å². The van der Waals surface area contributed by atoms with Crippen molar-refractivity contribution in [3.8, 4) is 0 Å². The van der Waals surface area contributed by atoms with Gasteiger partial charge in [0, 0.05) is 6.42 Å². The number of esters is 1. The molecule has 0 heterocycles. The second-order valence-corrected chi connectivity index (χ2v) is 9.21. The van der Waals surface area contributed by atoms with Crippen LogP contribution in [0.2, 0.25) is 0 Å². The molecule has 0 aromatic rings. The zero-order chi connectivity index (χ0) is 21.1. The van der Waals surface area contributed by atoms with Crippen LogP contribution in [-0.4, -0.2) is 42.5 Å². The van der Waals surface area contributed by atoms with E-state index in [1.54, 1.807) is 0 Å². The van der Waals surface area contributed by atoms with Crippen LogP contribution in [0.3, 0.4) is 0 Å². The fourth-order valence-corrected chi connectivity index (χ4v) is 3.75. The van der Waals surface area contributed by atoms with Crippen molar-refractivity contribution in [2.75, 3.05) is 12.4 Å². The molecule has 6 nitrogen and oxygen atoms in total. The number of ether oxygens (including phenoxy) is 1. The van der Waals surface area contributed by atoms with Crippen LogP contribution in [0.15, 0.2) is 0 Å². The van der Waals surface area contributed by atoms with Gasteiger partial charge in [-0.05, 0) is 6.42 Å². The van der Waals surface area contributed by atoms with E-state index < -0.39 is 34.6 Å². The normalized spacial score (nSPS) is 12.4. The third-order valence-electron chi connectivity index (χ3n) is 4.82. The van der Waals surface area contributed by atoms with Crippen molar-refractivity contribution < 1.29 is 57.2 Å². The molecule has 1 unspecified atom stereocenters. The first-order chi connectivity index (χ1) is 13.3. The van der Waals surface area contributed by atoms with Gasteiger partial charge in [0.15, 0.2) is 0 Å². The second kappa shape index (κ2) is 21.6. The van der Waals surface area contributed by atoms with E-state index in [0.717, 1.165) is 19.3 Å². The Morgan fingerprint density at radius 2 is 1.21 bits per heavy atom. The fourth-order valence-electron chi connectivity index (χ4n) is 3.19. The standard InChI is InChI=1S/C21H42O6S.Na/c1-2-3-4-5-6-7-8-9-10-11-12-13-14-15-16-17-21(23)27-18-20(22)19-28(24,25)26;/h20,22H,2-19H2,1H3,(H,24,25,26);/q;+1/p-1. The van der Waals surface area contributed by atoms with Crippen LogP contribution < -0.4 is 29.6 Å². The van der Waals surface area contributed by atoms with Crippen LogP contribution in [0.4, 0.5) is 0 Å². The van der Waals surface area contributed by atoms with Crippen molar-refractivity contribution in [3.63, 3.8) is 0 Å². The molecule has 0 rings (SSSR count). The summed E-state index contributed by atoms with van der Waals surface area (Å²) in [6.45, 7) is 1.80. The zero-order valence-electron chi connectivity index (χ0n) is 18.7. The first-order valence-corrected chi connectivity index (χ1v) is 12.7. The number of carbonyl (C=O) groups excluding carboxylic acids is 1. The quantitative estimate of drug-likeness (QED) is 0.133. The van der Waals surface area contributed by atoms with Crippen molar-refractivity contribution >= 4 is 16.1 Å². The first kappa shape index (κ1) is 31.5. The zero-order valence-corrected chi connectivity index (χ0v) is 21.5. The van der Waals surface area contributed by atoms with E-state index in [4.69, 9.17) is 4.74 Å². The molecule has 0 aliphatic carbocycles. The summed E-state index contributed by atoms with van der Waals surface area (Å²) in [7, 11) is -4.51. The minimum absolute atomic E-state index is 0. The molecule has 168 valence electrons. The summed E-state index contributed by atoms with van der Waals surface area (Å²) < 4.78 is 36.2. The molecule has 0 amide bonds. The van der Waals surface area contributed by atoms with Crippen molar-refractivity contribution in [1.82, 2.24) is 0 Å². The molecule has 0 aliphatic rings. The van der Waals surface area contributed by atoms with E-state index in [-0.39, 0.29) is 36.0 Å². The monoisotopic (exact) mass is 444 g/mol. The van der Waals surface area contributed by atoms with E-state index >= 15 is 0 Å². The van der Waals surface area contributed by atoms with E-state index in [9.17, 15) is 22.9 Å². The van der Waals surface area contributed by atoms with E-state index in [1.807, 2.05) is 0 Å². The molecule has 0 radical (unpaired) electrons. The molecule has 0 aromatic heterocycles. The summed E-state index contributed by atoms with van der Waals surface area (Å²) in [5, 5.41) is 9.28. The molecular weight excluding hydrogens is 403 g/mol. The molecule has 0 aromatic carbocycles. The maximum Gasteiger partial charge on any atom is 1.00 e. The van der Waals surface area contributed by atoms with Crippen molar-refractivity contribution in [2.24, 2.45) is 0 Å². The number of aliphatic hydroxyl groups is 1. The summed E-state index contributed by atoms with van der Waals surface area (Å²) in [6, 6.07) is 0. The number of aliphatic hydroxyl groups excluding tert-OH is 1. The van der Waals surface area contributed by atoms with Gasteiger partial charge in [0.1, 0.15) is 12.7 Å². The predicted octanol–water partition coefficient (Wildman–Crippen LogP) is 1.70. The predicted molar refractivity (Wildman–Crippen MR) is 111 cm³/mol. The van der Waals surface area contributed by atoms with Crippen molar-refractivity contribution in [3.05, 3.63) is 0 Å². The average molecular weight is 445 g/mol. The van der Waals surface area contributed by atoms with Gasteiger partial charge >= 0.3 is 35.5 Å². The summed E-state index contributed by atoms with van der Waals surface area (Å²) >= 11 is 0. The maximum absolute atomic E-state index is 11.5. The van der Waals surface area contributed by atoms with Crippen LogP contribution in [-0.2, 0) is 19.6 Å². The molecule has 1 atom stereocenters. The third kappa shape index (κ3) is 26.3. The number of rotatable bonds is 20. The first-order valence-electron chi connectivity index (χ1n) is 11.1. The molecule has 8 heteroatoms. The summed E-state index contributed by atoms with van der Waals surface area (Å²) in [4.78, 5) is 11.5. The Morgan fingerprint density at radius 1 is 0.828 bits per heavy atom. The summed E-state index contributed by atoms with van der Waals surface area (Å²) in [5.41, 5.74) is 0. The topological polar surface area (TPSA) is 104 Å². The van der Waals surface area contributed by atoms with E-state index in [1.165, 1.54) is 77.0 Å². The molecule has 0 fully saturated rings. The number of unbranched alkanes of at least 4 members (excludes halogenated alkanes) is 14. The molecule has 1 N–H and O–H groups in total. The Morgan fingerprint density at radius 3 is 1.59 bits per heavy atom. The van der Waals surface area contributed by atoms with Gasteiger partial charge in [-0.2, -0.15) is 0 Å². The molecule has 0 saturated heterocycles. The molecule has 29 heavy (non-hydrogen) atoms. The Bertz CT molecular complexity index is 470. The number of hydrogen-bond donors (Lipinski definition) is 1. The van der Waals surface area contributed by atoms with Gasteiger partial charge in [-0.25, -0.2) is 8.42 Å². The molecule has 0 saturated carbocycles. The van der Waals surface area contributed by atoms with Gasteiger partial charge in [0.25, 0.3) is 0 Å². The van der Waals surface area contributed by atoms with Gasteiger partial charge in [0.05, 0.1) is 15.9 Å². The largest absolute Gasteiger partial charge is 1.00 e. The number of carbonyl (C=O) groups is 1. The number of hydrogen-bond acceptors (Lipinski definition) is 6. The molecule has 0 aliphatic heterocycles. The van der Waals surface area contributed by atoms with Gasteiger partial charge in [0.2, 0.25) is 0 Å². The van der Waals surface area contributed by atoms with E-state index in [0.29, 0.717) is 0 Å². The Balaban J connectivity index is 0. The smallest absolute Gasteiger partial charge is 0.748 e. The minimum Gasteiger partial charge on any atom is -0.748 e. The van der Waals surface area contributed by atoms with Crippen molar-refractivity contribution in [1.29, 1.82) is 0 Å². The van der Waals surface area contributed by atoms with Gasteiger partial charge in [-0.15, -0.1) is 0 Å². The van der Waals surface area contributed by atoms with Crippen LogP contribution in [0.5, 0.6) is 0 Å². The molecule has 0 spiro atoms. The Hall–Kier alpha value is 0.340. The molecule has 0 bridgehead atoms. The van der Waals surface area contributed by atoms with Gasteiger partial charge in [-0.3, -0.25) is 4.79 Å². The Labute approximate surface area is 200 Å². The van der Waals surface area contributed by atoms with Crippen molar-refractivity contribution in [2.45, 2.75) is 116 Å². The maximum atomic E-state index is 11.5. The summed E-state index contributed by atoms with van der Waals surface area (Å²) in [6.07, 6.45) is 17.6. The van der Waals surface area contributed by atoms with Crippen LogP contribution in [0.1, 0.15) is 110 Å². The SMILES string of the molecule is CCCCCCCCCCCCCCCCCC(=O)OCC(O)CS(=O)(=O)[O-].[Na+]. The van der Waals surface area contributed by atoms with Gasteiger partial charge < -0.3 is 14.4 Å². The minimum atomic E-state index is -4.51. The van der Waals surface area contributed by atoms with Gasteiger partial charge in [-0.1, -0.05) is 96.8 Å². The summed E-state index contributed by atoms with van der Waals surface area (Å²) in [5.74, 6) is -1.39.